The number of halogens is 1. The predicted molar refractivity (Wildman–Crippen MR) is 45.9 cm³/mol. The molecular weight excluding hydrogens is 231 g/mol. The van der Waals surface area contributed by atoms with Crippen LogP contribution in [0.2, 0.25) is 0 Å². The topological polar surface area (TPSA) is 18.5 Å². The van der Waals surface area contributed by atoms with Crippen LogP contribution in [-0.2, 0) is 9.47 Å². The average Bonchev–Trinajstić information content (AvgIpc) is 1.84. The summed E-state index contributed by atoms with van der Waals surface area (Å²) in [6.45, 7) is 4.56. The summed E-state index contributed by atoms with van der Waals surface area (Å²) in [6, 6.07) is 0. The Balaban J connectivity index is 3.33. The van der Waals surface area contributed by atoms with Crippen LogP contribution in [0.1, 0.15) is 13.8 Å². The minimum absolute atomic E-state index is 0.412. The second-order valence-electron chi connectivity index (χ2n) is 2.14. The molecule has 0 spiro atoms. The smallest absolute Gasteiger partial charge is 0.162 e. The fourth-order valence-electron chi connectivity index (χ4n) is 0.343. The maximum atomic E-state index is 5.30. The van der Waals surface area contributed by atoms with Gasteiger partial charge in [-0.05, 0) is 13.8 Å². The molecule has 0 aromatic rings. The fourth-order valence-corrected chi connectivity index (χ4v) is 0.563. The lowest BCUT2D eigenvalue weighted by Crippen LogP contribution is -2.27. The van der Waals surface area contributed by atoms with Crippen molar-refractivity contribution in [2.75, 3.05) is 18.1 Å². The van der Waals surface area contributed by atoms with Crippen LogP contribution in [0.5, 0.6) is 0 Å². The zero-order valence-electron chi connectivity index (χ0n) is 6.11. The van der Waals surface area contributed by atoms with Crippen molar-refractivity contribution in [1.29, 1.82) is 0 Å². The summed E-state index contributed by atoms with van der Waals surface area (Å²) in [5.74, 6) is -0.412. The second kappa shape index (κ2) is 4.46. The lowest BCUT2D eigenvalue weighted by atomic mass is 10.4. The van der Waals surface area contributed by atoms with E-state index in [1.165, 1.54) is 0 Å². The standard InChI is InChI=1S/C6H13IO2/c1-6(2,8-3)9-5-4-7/h4-5H2,1-3H3. The molecule has 0 rings (SSSR count). The highest BCUT2D eigenvalue weighted by Gasteiger charge is 2.14. The van der Waals surface area contributed by atoms with Crippen molar-refractivity contribution in [3.8, 4) is 0 Å². The van der Waals surface area contributed by atoms with Crippen LogP contribution < -0.4 is 0 Å². The van der Waals surface area contributed by atoms with Crippen LogP contribution >= 0.6 is 22.6 Å². The number of rotatable bonds is 4. The van der Waals surface area contributed by atoms with E-state index in [0.717, 1.165) is 11.0 Å². The van der Waals surface area contributed by atoms with Gasteiger partial charge in [0.05, 0.1) is 6.61 Å². The molecule has 0 bridgehead atoms. The number of methoxy groups -OCH3 is 1. The number of hydrogen-bond acceptors (Lipinski definition) is 2. The molecule has 0 radical (unpaired) electrons. The lowest BCUT2D eigenvalue weighted by Gasteiger charge is -2.22. The van der Waals surface area contributed by atoms with Gasteiger partial charge in [0.2, 0.25) is 0 Å². The third kappa shape index (κ3) is 5.11. The van der Waals surface area contributed by atoms with Crippen LogP contribution in [-0.4, -0.2) is 23.9 Å². The molecule has 0 unspecified atom stereocenters. The summed E-state index contributed by atoms with van der Waals surface area (Å²) in [4.78, 5) is 0. The molecular formula is C6H13IO2. The summed E-state index contributed by atoms with van der Waals surface area (Å²) in [7, 11) is 1.65. The Morgan fingerprint density at radius 1 is 1.44 bits per heavy atom. The first kappa shape index (κ1) is 9.65. The first-order valence-corrected chi connectivity index (χ1v) is 4.40. The van der Waals surface area contributed by atoms with Crippen molar-refractivity contribution in [3.63, 3.8) is 0 Å². The number of ether oxygens (including phenoxy) is 2. The van der Waals surface area contributed by atoms with Crippen molar-refractivity contribution in [1.82, 2.24) is 0 Å². The molecule has 0 saturated heterocycles. The molecule has 0 N–H and O–H groups in total. The molecule has 9 heavy (non-hydrogen) atoms. The van der Waals surface area contributed by atoms with E-state index < -0.39 is 5.79 Å². The monoisotopic (exact) mass is 244 g/mol. The van der Waals surface area contributed by atoms with Crippen molar-refractivity contribution in [2.24, 2.45) is 0 Å². The first-order chi connectivity index (χ1) is 4.12. The van der Waals surface area contributed by atoms with Crippen LogP contribution in [0.4, 0.5) is 0 Å². The largest absolute Gasteiger partial charge is 0.354 e. The highest BCUT2D eigenvalue weighted by molar-refractivity contribution is 14.1. The molecule has 0 aliphatic heterocycles. The zero-order chi connectivity index (χ0) is 7.33. The van der Waals surface area contributed by atoms with E-state index in [4.69, 9.17) is 9.47 Å². The highest BCUT2D eigenvalue weighted by Crippen LogP contribution is 2.08. The minimum Gasteiger partial charge on any atom is -0.354 e. The van der Waals surface area contributed by atoms with Crippen LogP contribution in [0.25, 0.3) is 0 Å². The van der Waals surface area contributed by atoms with Gasteiger partial charge in [-0.15, -0.1) is 0 Å². The molecule has 0 atom stereocenters. The molecule has 0 aliphatic carbocycles. The van der Waals surface area contributed by atoms with Gasteiger partial charge in [0.15, 0.2) is 5.79 Å². The number of alkyl halides is 1. The quantitative estimate of drug-likeness (QED) is 0.426. The molecule has 56 valence electrons. The van der Waals surface area contributed by atoms with E-state index in [1.54, 1.807) is 7.11 Å². The summed E-state index contributed by atoms with van der Waals surface area (Å²) in [6.07, 6.45) is 0. The van der Waals surface area contributed by atoms with Gasteiger partial charge in [-0.1, -0.05) is 22.6 Å². The third-order valence-corrected chi connectivity index (χ3v) is 1.46. The van der Waals surface area contributed by atoms with Crippen molar-refractivity contribution in [3.05, 3.63) is 0 Å². The van der Waals surface area contributed by atoms with Gasteiger partial charge in [-0.2, -0.15) is 0 Å². The molecule has 0 heterocycles. The van der Waals surface area contributed by atoms with Gasteiger partial charge < -0.3 is 9.47 Å². The Morgan fingerprint density at radius 2 is 2.00 bits per heavy atom. The van der Waals surface area contributed by atoms with Gasteiger partial charge in [-0.3, -0.25) is 0 Å². The summed E-state index contributed by atoms with van der Waals surface area (Å²) >= 11 is 2.26. The Morgan fingerprint density at radius 3 is 2.33 bits per heavy atom. The summed E-state index contributed by atoms with van der Waals surface area (Å²) < 4.78 is 11.3. The average molecular weight is 244 g/mol. The van der Waals surface area contributed by atoms with Gasteiger partial charge >= 0.3 is 0 Å². The minimum atomic E-state index is -0.412. The molecule has 3 heteroatoms. The van der Waals surface area contributed by atoms with Gasteiger partial charge in [0, 0.05) is 11.5 Å². The molecule has 0 saturated carbocycles. The maximum absolute atomic E-state index is 5.30. The normalized spacial score (nSPS) is 12.0. The predicted octanol–water partition coefficient (Wildman–Crippen LogP) is 1.82. The Bertz CT molecular complexity index is 73.5. The molecule has 0 amide bonds. The first-order valence-electron chi connectivity index (χ1n) is 2.87. The van der Waals surface area contributed by atoms with E-state index in [0.29, 0.717) is 0 Å². The van der Waals surface area contributed by atoms with Gasteiger partial charge in [-0.25, -0.2) is 0 Å². The van der Waals surface area contributed by atoms with Crippen molar-refractivity contribution in [2.45, 2.75) is 19.6 Å². The van der Waals surface area contributed by atoms with E-state index in [-0.39, 0.29) is 0 Å². The summed E-state index contributed by atoms with van der Waals surface area (Å²) in [5, 5.41) is 0. The van der Waals surface area contributed by atoms with E-state index in [9.17, 15) is 0 Å². The molecule has 0 aliphatic rings. The lowest BCUT2D eigenvalue weighted by molar-refractivity contribution is -0.192. The van der Waals surface area contributed by atoms with Crippen LogP contribution in [0.15, 0.2) is 0 Å². The summed E-state index contributed by atoms with van der Waals surface area (Å²) in [5.41, 5.74) is 0. The van der Waals surface area contributed by atoms with E-state index >= 15 is 0 Å². The third-order valence-electron chi connectivity index (χ3n) is 1.02. The van der Waals surface area contributed by atoms with Crippen LogP contribution in [0, 0.1) is 0 Å². The van der Waals surface area contributed by atoms with Crippen molar-refractivity contribution < 1.29 is 9.47 Å². The Hall–Kier alpha value is 0.650. The number of hydrogen-bond donors (Lipinski definition) is 0. The van der Waals surface area contributed by atoms with Crippen molar-refractivity contribution >= 4 is 22.6 Å². The second-order valence-corrected chi connectivity index (χ2v) is 3.22. The van der Waals surface area contributed by atoms with Gasteiger partial charge in [0.1, 0.15) is 0 Å². The Labute approximate surface area is 70.1 Å². The highest BCUT2D eigenvalue weighted by atomic mass is 127. The van der Waals surface area contributed by atoms with Crippen LogP contribution in [0.3, 0.4) is 0 Å². The molecule has 0 aromatic carbocycles. The van der Waals surface area contributed by atoms with E-state index in [1.807, 2.05) is 13.8 Å². The SMILES string of the molecule is COC(C)(C)OCCI. The maximum Gasteiger partial charge on any atom is 0.162 e. The Kier molecular flexibility index (Phi) is 4.79. The fraction of sp³-hybridized carbons (Fsp3) is 1.00. The van der Waals surface area contributed by atoms with E-state index in [2.05, 4.69) is 22.6 Å². The molecule has 0 aromatic heterocycles. The van der Waals surface area contributed by atoms with Gasteiger partial charge in [0.25, 0.3) is 0 Å². The molecule has 0 fully saturated rings. The zero-order valence-corrected chi connectivity index (χ0v) is 8.27. The molecule has 2 nitrogen and oxygen atoms in total.